The molecule has 1 aromatic heterocycles. The molecule has 0 radical (unpaired) electrons. The van der Waals surface area contributed by atoms with E-state index in [4.69, 9.17) is 9.52 Å². The Balaban J connectivity index is 0.000000408. The number of aromatic hydroxyl groups is 1. The minimum Gasteiger partial charge on any atom is -0.507 e. The highest BCUT2D eigenvalue weighted by atomic mass is 16.3. The van der Waals surface area contributed by atoms with Crippen LogP contribution in [0, 0.1) is 0 Å². The number of aromatic nitrogens is 1. The Hall–Kier alpha value is -2.33. The van der Waals surface area contributed by atoms with Crippen molar-refractivity contribution in [2.24, 2.45) is 0 Å². The van der Waals surface area contributed by atoms with Gasteiger partial charge >= 0.3 is 0 Å². The maximum Gasteiger partial charge on any atom is 0.231 e. The number of benzene rings is 2. The highest BCUT2D eigenvalue weighted by Crippen LogP contribution is 2.30. The second kappa shape index (κ2) is 6.02. The first-order valence-electron chi connectivity index (χ1n) is 6.01. The molecule has 0 spiro atoms. The van der Waals surface area contributed by atoms with Crippen molar-refractivity contribution >= 4 is 11.1 Å². The van der Waals surface area contributed by atoms with E-state index in [-0.39, 0.29) is 12.4 Å². The molecule has 98 valence electrons. The molecule has 19 heavy (non-hydrogen) atoms. The van der Waals surface area contributed by atoms with E-state index in [0.29, 0.717) is 11.5 Å². The molecule has 0 saturated carbocycles. The number of fused-ring (bicyclic) bond motifs is 1. The van der Waals surface area contributed by atoms with Gasteiger partial charge in [-0.2, -0.15) is 0 Å². The summed E-state index contributed by atoms with van der Waals surface area (Å²) in [5, 5.41) is 17.3. The summed E-state index contributed by atoms with van der Waals surface area (Å²) in [6.07, 6.45) is 0. The van der Waals surface area contributed by atoms with Crippen LogP contribution in [0.25, 0.3) is 22.6 Å². The van der Waals surface area contributed by atoms with Crippen LogP contribution in [0.2, 0.25) is 0 Å². The Bertz CT molecular complexity index is 628. The predicted octanol–water partition coefficient (Wildman–Crippen LogP) is 3.20. The van der Waals surface area contributed by atoms with Crippen LogP contribution in [0.3, 0.4) is 0 Å². The third-order valence-corrected chi connectivity index (χ3v) is 2.43. The van der Waals surface area contributed by atoms with E-state index in [1.165, 1.54) is 0 Å². The van der Waals surface area contributed by atoms with Gasteiger partial charge in [0.2, 0.25) is 5.89 Å². The van der Waals surface area contributed by atoms with Gasteiger partial charge in [0.15, 0.2) is 5.58 Å². The van der Waals surface area contributed by atoms with Crippen molar-refractivity contribution in [3.63, 3.8) is 0 Å². The molecular weight excluding hydrogens is 242 g/mol. The normalized spacial score (nSPS) is 10.0. The average Bonchev–Trinajstić information content (AvgIpc) is 2.83. The maximum absolute atomic E-state index is 9.69. The lowest BCUT2D eigenvalue weighted by Gasteiger charge is -1.97. The highest BCUT2D eigenvalue weighted by molar-refractivity contribution is 5.77. The molecule has 0 bridgehead atoms. The molecule has 4 heteroatoms. The highest BCUT2D eigenvalue weighted by Gasteiger charge is 2.10. The molecule has 0 saturated heterocycles. The molecule has 0 aliphatic carbocycles. The molecule has 3 aromatic rings. The Kier molecular flexibility index (Phi) is 4.15. The molecule has 0 atom stereocenters. The monoisotopic (exact) mass is 257 g/mol. The van der Waals surface area contributed by atoms with Crippen molar-refractivity contribution < 1.29 is 14.6 Å². The number of phenolic OH excluding ortho intramolecular Hbond substituents is 1. The number of hydrogen-bond donors (Lipinski definition) is 2. The number of para-hydroxylation sites is 3. The van der Waals surface area contributed by atoms with E-state index in [0.717, 1.165) is 11.1 Å². The second-order valence-electron chi connectivity index (χ2n) is 3.82. The topological polar surface area (TPSA) is 66.5 Å². The Morgan fingerprint density at radius 1 is 1.05 bits per heavy atom. The third-order valence-electron chi connectivity index (χ3n) is 2.43. The quantitative estimate of drug-likeness (QED) is 0.702. The number of phenols is 1. The Labute approximate surface area is 111 Å². The number of hydrogen-bond acceptors (Lipinski definition) is 4. The van der Waals surface area contributed by atoms with Gasteiger partial charge in [0.25, 0.3) is 0 Å². The SMILES string of the molecule is CCO.Oc1ccccc1-c1nc2ccccc2o1. The number of aliphatic hydroxyl groups is 1. The molecule has 3 rings (SSSR count). The van der Waals surface area contributed by atoms with Gasteiger partial charge in [-0.3, -0.25) is 0 Å². The van der Waals surface area contributed by atoms with E-state index in [1.807, 2.05) is 30.3 Å². The van der Waals surface area contributed by atoms with Crippen LogP contribution >= 0.6 is 0 Å². The summed E-state index contributed by atoms with van der Waals surface area (Å²) in [7, 11) is 0. The first-order chi connectivity index (χ1) is 9.26. The van der Waals surface area contributed by atoms with E-state index < -0.39 is 0 Å². The van der Waals surface area contributed by atoms with Crippen molar-refractivity contribution in [2.45, 2.75) is 6.92 Å². The average molecular weight is 257 g/mol. The smallest absolute Gasteiger partial charge is 0.231 e. The molecular formula is C15H15NO3. The Morgan fingerprint density at radius 3 is 2.37 bits per heavy atom. The van der Waals surface area contributed by atoms with Crippen LogP contribution in [0.1, 0.15) is 6.92 Å². The van der Waals surface area contributed by atoms with Crippen LogP contribution in [-0.4, -0.2) is 21.8 Å². The van der Waals surface area contributed by atoms with Gasteiger partial charge in [-0.1, -0.05) is 24.3 Å². The summed E-state index contributed by atoms with van der Waals surface area (Å²) < 4.78 is 5.56. The fourth-order valence-corrected chi connectivity index (χ4v) is 1.64. The summed E-state index contributed by atoms with van der Waals surface area (Å²) in [6.45, 7) is 1.93. The predicted molar refractivity (Wildman–Crippen MR) is 73.9 cm³/mol. The molecule has 0 aliphatic rings. The van der Waals surface area contributed by atoms with Crippen molar-refractivity contribution in [2.75, 3.05) is 6.61 Å². The molecule has 1 heterocycles. The van der Waals surface area contributed by atoms with E-state index in [1.54, 1.807) is 25.1 Å². The molecule has 2 aromatic carbocycles. The zero-order valence-electron chi connectivity index (χ0n) is 10.6. The van der Waals surface area contributed by atoms with Crippen LogP contribution in [0.4, 0.5) is 0 Å². The van der Waals surface area contributed by atoms with E-state index >= 15 is 0 Å². The van der Waals surface area contributed by atoms with Gasteiger partial charge in [0.05, 0.1) is 5.56 Å². The van der Waals surface area contributed by atoms with Crippen LogP contribution in [-0.2, 0) is 0 Å². The van der Waals surface area contributed by atoms with E-state index in [9.17, 15) is 5.11 Å². The van der Waals surface area contributed by atoms with Crippen LogP contribution in [0.15, 0.2) is 52.9 Å². The fourth-order valence-electron chi connectivity index (χ4n) is 1.64. The summed E-state index contributed by atoms with van der Waals surface area (Å²) in [5.74, 6) is 0.619. The minimum atomic E-state index is 0.175. The Morgan fingerprint density at radius 2 is 1.68 bits per heavy atom. The second-order valence-corrected chi connectivity index (χ2v) is 3.82. The summed E-state index contributed by atoms with van der Waals surface area (Å²) in [4.78, 5) is 4.32. The molecule has 4 nitrogen and oxygen atoms in total. The lowest BCUT2D eigenvalue weighted by atomic mass is 10.2. The molecule has 2 N–H and O–H groups in total. The zero-order chi connectivity index (χ0) is 13.7. The number of rotatable bonds is 1. The van der Waals surface area contributed by atoms with Crippen LogP contribution < -0.4 is 0 Å². The maximum atomic E-state index is 9.69. The van der Waals surface area contributed by atoms with Crippen molar-refractivity contribution in [3.05, 3.63) is 48.5 Å². The molecule has 0 unspecified atom stereocenters. The van der Waals surface area contributed by atoms with Crippen molar-refractivity contribution in [1.82, 2.24) is 4.98 Å². The largest absolute Gasteiger partial charge is 0.507 e. The first kappa shape index (κ1) is 13.1. The first-order valence-corrected chi connectivity index (χ1v) is 6.01. The van der Waals surface area contributed by atoms with Gasteiger partial charge in [0.1, 0.15) is 11.3 Å². The fraction of sp³-hybridized carbons (Fsp3) is 0.133. The van der Waals surface area contributed by atoms with Crippen LogP contribution in [0.5, 0.6) is 5.75 Å². The van der Waals surface area contributed by atoms with E-state index in [2.05, 4.69) is 4.98 Å². The zero-order valence-corrected chi connectivity index (χ0v) is 10.6. The van der Waals surface area contributed by atoms with Crippen molar-refractivity contribution in [3.8, 4) is 17.2 Å². The van der Waals surface area contributed by atoms with Gasteiger partial charge in [-0.05, 0) is 31.2 Å². The summed E-state index contributed by atoms with van der Waals surface area (Å²) >= 11 is 0. The van der Waals surface area contributed by atoms with Crippen molar-refractivity contribution in [1.29, 1.82) is 0 Å². The molecule has 0 aliphatic heterocycles. The summed E-state index contributed by atoms with van der Waals surface area (Å²) in [6, 6.07) is 14.5. The lowest BCUT2D eigenvalue weighted by molar-refractivity contribution is 0.318. The number of oxazole rings is 1. The molecule has 0 amide bonds. The summed E-state index contributed by atoms with van der Waals surface area (Å²) in [5.41, 5.74) is 2.13. The minimum absolute atomic E-state index is 0.175. The molecule has 0 fully saturated rings. The third kappa shape index (κ3) is 2.92. The standard InChI is InChI=1S/C13H9NO2.C2H6O/c15-11-7-3-1-5-9(11)13-14-10-6-2-4-8-12(10)16-13;1-2-3/h1-8,15H;3H,2H2,1H3. The van der Waals surface area contributed by atoms with Gasteiger partial charge < -0.3 is 14.6 Å². The van der Waals surface area contributed by atoms with Gasteiger partial charge in [0, 0.05) is 6.61 Å². The van der Waals surface area contributed by atoms with Gasteiger partial charge in [-0.25, -0.2) is 4.98 Å². The number of nitrogens with zero attached hydrogens (tertiary/aromatic N) is 1. The lowest BCUT2D eigenvalue weighted by Crippen LogP contribution is -1.77. The van der Waals surface area contributed by atoms with Gasteiger partial charge in [-0.15, -0.1) is 0 Å². The number of aliphatic hydroxyl groups excluding tert-OH is 1.